The third-order valence-electron chi connectivity index (χ3n) is 4.91. The van der Waals surface area contributed by atoms with Gasteiger partial charge in [-0.2, -0.15) is 4.98 Å². The highest BCUT2D eigenvalue weighted by Gasteiger charge is 2.15. The van der Waals surface area contributed by atoms with Gasteiger partial charge in [0.1, 0.15) is 17.6 Å². The standard InChI is InChI=1S/C14H16N4OS.C6H12FN/c1-3-8-5-9(4-2)12(10(19)6-8)18-7-11-13(17-18)16-14(15)20-11;1-8-4-2-3-6(7)5-8/h5-7,19H,3-4H2,1-2H3,(H2,15,16,17);6H,2-5H2,1H3. The van der Waals surface area contributed by atoms with Crippen LogP contribution in [0.4, 0.5) is 9.52 Å². The molecule has 1 fully saturated rings. The number of phenols is 1. The van der Waals surface area contributed by atoms with E-state index >= 15 is 0 Å². The number of aryl methyl sites for hydroxylation is 2. The molecule has 3 heterocycles. The summed E-state index contributed by atoms with van der Waals surface area (Å²) in [7, 11) is 1.96. The van der Waals surface area contributed by atoms with Crippen LogP contribution in [0.25, 0.3) is 16.0 Å². The number of alkyl halides is 1. The summed E-state index contributed by atoms with van der Waals surface area (Å²) in [6.45, 7) is 5.85. The number of hydrogen-bond acceptors (Lipinski definition) is 6. The molecule has 3 aromatic rings. The van der Waals surface area contributed by atoms with Gasteiger partial charge in [0.2, 0.25) is 0 Å². The smallest absolute Gasteiger partial charge is 0.194 e. The van der Waals surface area contributed by atoms with E-state index in [1.807, 2.05) is 18.1 Å². The van der Waals surface area contributed by atoms with E-state index in [9.17, 15) is 9.50 Å². The average molecular weight is 406 g/mol. The molecule has 0 spiro atoms. The summed E-state index contributed by atoms with van der Waals surface area (Å²) in [4.78, 5) is 6.20. The second-order valence-corrected chi connectivity index (χ2v) is 8.21. The summed E-state index contributed by atoms with van der Waals surface area (Å²) in [6, 6.07) is 3.92. The normalized spacial score (nSPS) is 17.5. The number of hydrogen-bond donors (Lipinski definition) is 2. The van der Waals surface area contributed by atoms with Gasteiger partial charge < -0.3 is 15.7 Å². The lowest BCUT2D eigenvalue weighted by Crippen LogP contribution is -2.32. The number of nitrogen functional groups attached to an aromatic ring is 1. The second kappa shape index (κ2) is 8.87. The zero-order valence-electron chi connectivity index (χ0n) is 16.7. The molecule has 0 saturated carbocycles. The van der Waals surface area contributed by atoms with Gasteiger partial charge in [0.15, 0.2) is 10.8 Å². The third-order valence-corrected chi connectivity index (χ3v) is 5.72. The van der Waals surface area contributed by atoms with Crippen molar-refractivity contribution in [2.45, 2.75) is 45.7 Å². The Balaban J connectivity index is 0.000000236. The summed E-state index contributed by atoms with van der Waals surface area (Å²) in [5.74, 6) is 0.254. The minimum absolute atomic E-state index is 0.254. The topological polar surface area (TPSA) is 80.2 Å². The number of rotatable bonds is 3. The maximum absolute atomic E-state index is 12.4. The highest BCUT2D eigenvalue weighted by Crippen LogP contribution is 2.31. The first-order chi connectivity index (χ1) is 13.4. The number of aromatic nitrogens is 3. The van der Waals surface area contributed by atoms with Crippen LogP contribution in [0.5, 0.6) is 5.75 Å². The maximum atomic E-state index is 12.4. The van der Waals surface area contributed by atoms with Gasteiger partial charge >= 0.3 is 0 Å². The SMILES string of the molecule is CCc1cc(O)c(-n2cc3sc(N)nc3n2)c(CC)c1.CN1CCCC(F)C1. The Morgan fingerprint density at radius 1 is 1.32 bits per heavy atom. The number of fused-ring (bicyclic) bond motifs is 1. The number of phenolic OH excluding ortho intramolecular Hbond substituents is 1. The van der Waals surface area contributed by atoms with E-state index in [1.165, 1.54) is 11.3 Å². The summed E-state index contributed by atoms with van der Waals surface area (Å²) in [5.41, 5.74) is 9.20. The Morgan fingerprint density at radius 2 is 2.11 bits per heavy atom. The van der Waals surface area contributed by atoms with E-state index in [-0.39, 0.29) is 5.75 Å². The molecule has 0 amide bonds. The minimum Gasteiger partial charge on any atom is -0.506 e. The van der Waals surface area contributed by atoms with Crippen molar-refractivity contribution >= 4 is 26.8 Å². The number of aromatic hydroxyl groups is 1. The molecular weight excluding hydrogens is 377 g/mol. The molecule has 0 radical (unpaired) electrons. The first-order valence-electron chi connectivity index (χ1n) is 9.70. The van der Waals surface area contributed by atoms with Crippen LogP contribution in [0.2, 0.25) is 0 Å². The molecule has 2 aromatic heterocycles. The molecular formula is C20H28FN5OS. The molecule has 1 aromatic carbocycles. The number of benzene rings is 1. The zero-order valence-corrected chi connectivity index (χ0v) is 17.5. The molecule has 28 heavy (non-hydrogen) atoms. The van der Waals surface area contributed by atoms with Crippen molar-refractivity contribution in [3.8, 4) is 11.4 Å². The van der Waals surface area contributed by atoms with Crippen molar-refractivity contribution < 1.29 is 9.50 Å². The molecule has 1 saturated heterocycles. The average Bonchev–Trinajstić information content (AvgIpc) is 3.18. The molecule has 0 bridgehead atoms. The van der Waals surface area contributed by atoms with Crippen LogP contribution in [0.15, 0.2) is 18.3 Å². The van der Waals surface area contributed by atoms with Gasteiger partial charge in [0.25, 0.3) is 0 Å². The van der Waals surface area contributed by atoms with Crippen LogP contribution in [-0.2, 0) is 12.8 Å². The summed E-state index contributed by atoms with van der Waals surface area (Å²) in [5, 5.41) is 15.2. The van der Waals surface area contributed by atoms with Gasteiger partial charge in [-0.25, -0.2) is 9.07 Å². The number of nitrogens with zero attached hydrogens (tertiary/aromatic N) is 4. The Kier molecular flexibility index (Phi) is 6.51. The lowest BCUT2D eigenvalue weighted by molar-refractivity contribution is 0.163. The zero-order chi connectivity index (χ0) is 20.3. The predicted octanol–water partition coefficient (Wildman–Crippen LogP) is 3.94. The van der Waals surface area contributed by atoms with Gasteiger partial charge in [0.05, 0.1) is 10.9 Å². The van der Waals surface area contributed by atoms with E-state index in [0.29, 0.717) is 17.3 Å². The van der Waals surface area contributed by atoms with E-state index in [0.717, 1.165) is 53.7 Å². The fraction of sp³-hybridized carbons (Fsp3) is 0.500. The number of anilines is 1. The molecule has 0 aliphatic carbocycles. The summed E-state index contributed by atoms with van der Waals surface area (Å²) >= 11 is 1.40. The molecule has 1 aliphatic rings. The maximum Gasteiger partial charge on any atom is 0.194 e. The van der Waals surface area contributed by atoms with Crippen molar-refractivity contribution in [1.29, 1.82) is 0 Å². The van der Waals surface area contributed by atoms with Gasteiger partial charge in [-0.3, -0.25) is 0 Å². The largest absolute Gasteiger partial charge is 0.506 e. The Morgan fingerprint density at radius 3 is 2.68 bits per heavy atom. The summed E-state index contributed by atoms with van der Waals surface area (Å²) < 4.78 is 15.0. The molecule has 4 rings (SSSR count). The fourth-order valence-corrected chi connectivity index (χ4v) is 4.12. The summed E-state index contributed by atoms with van der Waals surface area (Å²) in [6.07, 6.45) is 4.83. The number of nitrogens with two attached hydrogens (primary N) is 1. The predicted molar refractivity (Wildman–Crippen MR) is 113 cm³/mol. The van der Waals surface area contributed by atoms with Crippen molar-refractivity contribution in [2.75, 3.05) is 25.9 Å². The van der Waals surface area contributed by atoms with Crippen molar-refractivity contribution in [1.82, 2.24) is 19.7 Å². The Labute approximate surface area is 168 Å². The van der Waals surface area contributed by atoms with Crippen LogP contribution < -0.4 is 5.73 Å². The number of thiazole rings is 1. The quantitative estimate of drug-likeness (QED) is 0.690. The van der Waals surface area contributed by atoms with Gasteiger partial charge in [-0.05, 0) is 56.5 Å². The number of piperidine rings is 1. The minimum atomic E-state index is -0.561. The number of halogens is 1. The highest BCUT2D eigenvalue weighted by molar-refractivity contribution is 7.21. The highest BCUT2D eigenvalue weighted by atomic mass is 32.1. The number of likely N-dealkylation sites (tertiary alicyclic amines) is 1. The van der Waals surface area contributed by atoms with Crippen LogP contribution >= 0.6 is 11.3 Å². The van der Waals surface area contributed by atoms with E-state index in [2.05, 4.69) is 30.0 Å². The first kappa shape index (κ1) is 20.5. The lowest BCUT2D eigenvalue weighted by Gasteiger charge is -2.24. The fourth-order valence-electron chi connectivity index (χ4n) is 3.44. The molecule has 1 atom stereocenters. The van der Waals surface area contributed by atoms with Gasteiger partial charge in [0, 0.05) is 6.54 Å². The van der Waals surface area contributed by atoms with Gasteiger partial charge in [-0.1, -0.05) is 31.3 Å². The van der Waals surface area contributed by atoms with E-state index in [1.54, 1.807) is 10.7 Å². The third kappa shape index (κ3) is 4.62. The molecule has 6 nitrogen and oxygen atoms in total. The van der Waals surface area contributed by atoms with Crippen LogP contribution in [0.1, 0.15) is 37.8 Å². The van der Waals surface area contributed by atoms with Crippen LogP contribution in [0, 0.1) is 0 Å². The van der Waals surface area contributed by atoms with E-state index < -0.39 is 6.17 Å². The monoisotopic (exact) mass is 405 g/mol. The second-order valence-electron chi connectivity index (χ2n) is 7.15. The van der Waals surface area contributed by atoms with Gasteiger partial charge in [-0.15, -0.1) is 5.10 Å². The Bertz CT molecular complexity index is 899. The Hall–Kier alpha value is -2.19. The lowest BCUT2D eigenvalue weighted by atomic mass is 10.0. The van der Waals surface area contributed by atoms with Crippen molar-refractivity contribution in [2.24, 2.45) is 0 Å². The molecule has 152 valence electrons. The van der Waals surface area contributed by atoms with Crippen molar-refractivity contribution in [3.05, 3.63) is 29.5 Å². The van der Waals surface area contributed by atoms with Crippen LogP contribution in [-0.4, -0.2) is 51.1 Å². The first-order valence-corrected chi connectivity index (χ1v) is 10.5. The van der Waals surface area contributed by atoms with Crippen LogP contribution in [0.3, 0.4) is 0 Å². The molecule has 8 heteroatoms. The van der Waals surface area contributed by atoms with E-state index in [4.69, 9.17) is 5.73 Å². The molecule has 1 aliphatic heterocycles. The molecule has 3 N–H and O–H groups in total. The molecule has 1 unspecified atom stereocenters. The van der Waals surface area contributed by atoms with Crippen molar-refractivity contribution in [3.63, 3.8) is 0 Å².